The van der Waals surface area contributed by atoms with Crippen molar-refractivity contribution < 1.29 is 19.0 Å². The molecule has 5 heteroatoms. The zero-order chi connectivity index (χ0) is 13.0. The van der Waals surface area contributed by atoms with Crippen molar-refractivity contribution >= 4 is 5.97 Å². The van der Waals surface area contributed by atoms with E-state index in [2.05, 4.69) is 5.32 Å². The molecule has 1 N–H and O–H groups in total. The Balaban J connectivity index is 1.92. The average Bonchev–Trinajstić information content (AvgIpc) is 2.86. The molecular formula is C13H17NO4. The van der Waals surface area contributed by atoms with Crippen LogP contribution >= 0.6 is 0 Å². The van der Waals surface area contributed by atoms with Gasteiger partial charge in [0, 0.05) is 19.0 Å². The van der Waals surface area contributed by atoms with Gasteiger partial charge in [-0.3, -0.25) is 4.79 Å². The molecule has 1 fully saturated rings. The molecule has 1 aliphatic rings. The number of hydrogen-bond acceptors (Lipinski definition) is 5. The number of hydrogen-bond donors (Lipinski definition) is 1. The summed E-state index contributed by atoms with van der Waals surface area (Å²) < 4.78 is 15.6. The Morgan fingerprint density at radius 1 is 1.33 bits per heavy atom. The molecule has 1 saturated heterocycles. The molecule has 0 spiro atoms. The normalized spacial score (nSPS) is 22.6. The Kier molecular flexibility index (Phi) is 4.04. The van der Waals surface area contributed by atoms with E-state index in [1.165, 1.54) is 7.11 Å². The fraction of sp³-hybridized carbons (Fsp3) is 0.462. The van der Waals surface area contributed by atoms with E-state index in [4.69, 9.17) is 14.2 Å². The highest BCUT2D eigenvalue weighted by atomic mass is 16.5. The average molecular weight is 251 g/mol. The second kappa shape index (κ2) is 5.73. The molecule has 0 radical (unpaired) electrons. The van der Waals surface area contributed by atoms with Crippen LogP contribution in [0.2, 0.25) is 0 Å². The van der Waals surface area contributed by atoms with Crippen LogP contribution in [0.1, 0.15) is 6.42 Å². The first-order valence-corrected chi connectivity index (χ1v) is 5.85. The molecule has 2 atom stereocenters. The zero-order valence-corrected chi connectivity index (χ0v) is 10.5. The molecule has 2 rings (SSSR count). The number of ether oxygens (including phenoxy) is 3. The molecule has 0 aliphatic carbocycles. The summed E-state index contributed by atoms with van der Waals surface area (Å²) in [5.74, 6) is 1.25. The van der Waals surface area contributed by atoms with Crippen LogP contribution in [0.25, 0.3) is 0 Å². The highest BCUT2D eigenvalue weighted by molar-refractivity contribution is 5.76. The van der Waals surface area contributed by atoms with E-state index >= 15 is 0 Å². The quantitative estimate of drug-likeness (QED) is 0.808. The second-order valence-electron chi connectivity index (χ2n) is 4.14. The SMILES string of the molecule is COC(=O)C1CC(Oc2cccc(OC)c2)CN1. The molecule has 5 nitrogen and oxygen atoms in total. The summed E-state index contributed by atoms with van der Waals surface area (Å²) in [5, 5.41) is 3.08. The first-order chi connectivity index (χ1) is 8.72. The first-order valence-electron chi connectivity index (χ1n) is 5.85. The lowest BCUT2D eigenvalue weighted by molar-refractivity contribution is -0.142. The molecule has 1 aromatic rings. The fourth-order valence-corrected chi connectivity index (χ4v) is 1.98. The maximum Gasteiger partial charge on any atom is 0.323 e. The van der Waals surface area contributed by atoms with Gasteiger partial charge in [0.05, 0.1) is 14.2 Å². The van der Waals surface area contributed by atoms with Gasteiger partial charge < -0.3 is 19.5 Å². The summed E-state index contributed by atoms with van der Waals surface area (Å²) in [6.07, 6.45) is 0.588. The van der Waals surface area contributed by atoms with E-state index in [-0.39, 0.29) is 18.1 Å². The van der Waals surface area contributed by atoms with Gasteiger partial charge in [0.25, 0.3) is 0 Å². The van der Waals surface area contributed by atoms with Crippen molar-refractivity contribution in [2.45, 2.75) is 18.6 Å². The fourth-order valence-electron chi connectivity index (χ4n) is 1.98. The number of carbonyl (C=O) groups excluding carboxylic acids is 1. The topological polar surface area (TPSA) is 56.8 Å². The summed E-state index contributed by atoms with van der Waals surface area (Å²) in [4.78, 5) is 11.4. The molecule has 98 valence electrons. The standard InChI is InChI=1S/C13H17NO4/c1-16-9-4-3-5-10(6-9)18-11-7-12(14-8-11)13(15)17-2/h3-6,11-12,14H,7-8H2,1-2H3. The molecule has 0 amide bonds. The third kappa shape index (κ3) is 2.92. The van der Waals surface area contributed by atoms with Gasteiger partial charge in [-0.1, -0.05) is 6.07 Å². The lowest BCUT2D eigenvalue weighted by atomic mass is 10.2. The van der Waals surface area contributed by atoms with Crippen molar-refractivity contribution in [3.05, 3.63) is 24.3 Å². The van der Waals surface area contributed by atoms with Gasteiger partial charge in [0.2, 0.25) is 0 Å². The molecule has 1 aliphatic heterocycles. The van der Waals surface area contributed by atoms with E-state index in [1.54, 1.807) is 7.11 Å². The van der Waals surface area contributed by atoms with Crippen molar-refractivity contribution in [2.75, 3.05) is 20.8 Å². The molecule has 0 saturated carbocycles. The monoisotopic (exact) mass is 251 g/mol. The van der Waals surface area contributed by atoms with Crippen LogP contribution in [0.3, 0.4) is 0 Å². The third-order valence-electron chi connectivity index (χ3n) is 2.92. The van der Waals surface area contributed by atoms with Gasteiger partial charge >= 0.3 is 5.97 Å². The minimum atomic E-state index is -0.273. The number of carbonyl (C=O) groups is 1. The number of methoxy groups -OCH3 is 2. The van der Waals surface area contributed by atoms with E-state index < -0.39 is 0 Å². The highest BCUT2D eigenvalue weighted by Gasteiger charge is 2.31. The minimum absolute atomic E-state index is 0.0267. The molecule has 1 aromatic carbocycles. The van der Waals surface area contributed by atoms with Crippen LogP contribution in [-0.4, -0.2) is 38.9 Å². The second-order valence-corrected chi connectivity index (χ2v) is 4.14. The van der Waals surface area contributed by atoms with Gasteiger partial charge in [-0.25, -0.2) is 0 Å². The van der Waals surface area contributed by atoms with Crippen molar-refractivity contribution in [1.29, 1.82) is 0 Å². The van der Waals surface area contributed by atoms with E-state index in [9.17, 15) is 4.79 Å². The van der Waals surface area contributed by atoms with Gasteiger partial charge in [-0.2, -0.15) is 0 Å². The summed E-state index contributed by atoms with van der Waals surface area (Å²) in [7, 11) is 3.00. The number of esters is 1. The Bertz CT molecular complexity index is 421. The highest BCUT2D eigenvalue weighted by Crippen LogP contribution is 2.22. The molecule has 0 bridgehead atoms. The van der Waals surface area contributed by atoms with Crippen LogP contribution in [0.5, 0.6) is 11.5 Å². The molecule has 0 aromatic heterocycles. The minimum Gasteiger partial charge on any atom is -0.497 e. The largest absolute Gasteiger partial charge is 0.497 e. The molecule has 2 unspecified atom stereocenters. The summed E-state index contributed by atoms with van der Waals surface area (Å²) >= 11 is 0. The molecule has 18 heavy (non-hydrogen) atoms. The van der Waals surface area contributed by atoms with Crippen molar-refractivity contribution in [1.82, 2.24) is 5.32 Å². The van der Waals surface area contributed by atoms with Crippen LogP contribution in [0, 0.1) is 0 Å². The Morgan fingerprint density at radius 2 is 2.11 bits per heavy atom. The zero-order valence-electron chi connectivity index (χ0n) is 10.5. The Morgan fingerprint density at radius 3 is 2.83 bits per heavy atom. The maximum absolute atomic E-state index is 11.4. The lowest BCUT2D eigenvalue weighted by Crippen LogP contribution is -2.31. The maximum atomic E-state index is 11.4. The van der Waals surface area contributed by atoms with Crippen LogP contribution in [0.4, 0.5) is 0 Å². The van der Waals surface area contributed by atoms with Gasteiger partial charge in [-0.05, 0) is 12.1 Å². The molecular weight excluding hydrogens is 234 g/mol. The summed E-state index contributed by atoms with van der Waals surface area (Å²) in [5.41, 5.74) is 0. The lowest BCUT2D eigenvalue weighted by Gasteiger charge is -2.13. The third-order valence-corrected chi connectivity index (χ3v) is 2.92. The summed E-state index contributed by atoms with van der Waals surface area (Å²) in [6, 6.07) is 7.15. The van der Waals surface area contributed by atoms with Crippen molar-refractivity contribution in [3.63, 3.8) is 0 Å². The number of nitrogens with one attached hydrogen (secondary N) is 1. The van der Waals surface area contributed by atoms with Crippen LogP contribution in [-0.2, 0) is 9.53 Å². The van der Waals surface area contributed by atoms with Crippen LogP contribution in [0.15, 0.2) is 24.3 Å². The Hall–Kier alpha value is -1.75. The van der Waals surface area contributed by atoms with E-state index in [0.29, 0.717) is 13.0 Å². The number of rotatable bonds is 4. The first kappa shape index (κ1) is 12.7. The van der Waals surface area contributed by atoms with Gasteiger partial charge in [-0.15, -0.1) is 0 Å². The van der Waals surface area contributed by atoms with Crippen LogP contribution < -0.4 is 14.8 Å². The predicted octanol–water partition coefficient (Wildman–Crippen LogP) is 0.977. The summed E-state index contributed by atoms with van der Waals surface area (Å²) in [6.45, 7) is 0.636. The van der Waals surface area contributed by atoms with Gasteiger partial charge in [0.1, 0.15) is 23.6 Å². The smallest absolute Gasteiger partial charge is 0.323 e. The predicted molar refractivity (Wildman–Crippen MR) is 65.8 cm³/mol. The number of benzene rings is 1. The van der Waals surface area contributed by atoms with E-state index in [0.717, 1.165) is 11.5 Å². The Labute approximate surface area is 106 Å². The van der Waals surface area contributed by atoms with Crippen molar-refractivity contribution in [2.24, 2.45) is 0 Å². The van der Waals surface area contributed by atoms with Crippen molar-refractivity contribution in [3.8, 4) is 11.5 Å². The molecule has 1 heterocycles. The van der Waals surface area contributed by atoms with Gasteiger partial charge in [0.15, 0.2) is 0 Å². The van der Waals surface area contributed by atoms with E-state index in [1.807, 2.05) is 24.3 Å².